The maximum Gasteiger partial charge on any atom is 0.224 e. The number of amides is 1. The van der Waals surface area contributed by atoms with E-state index in [9.17, 15) is 4.79 Å². The molecule has 0 radical (unpaired) electrons. The minimum absolute atomic E-state index is 0.0543. The molecular formula is C12H13Cl2NO. The van der Waals surface area contributed by atoms with Gasteiger partial charge < -0.3 is 5.32 Å². The standard InChI is InChI=1S/C12H13Cl2NO/c1-8(2)7-15-12(16)6-9-3-4-10(13)11(14)5-9/h3-5H,1,6-7H2,2H3,(H,15,16). The summed E-state index contributed by atoms with van der Waals surface area (Å²) in [6, 6.07) is 5.17. The summed E-state index contributed by atoms with van der Waals surface area (Å²) >= 11 is 11.6. The molecule has 0 bridgehead atoms. The number of nitrogens with one attached hydrogen (secondary N) is 1. The Bertz CT molecular complexity index is 415. The van der Waals surface area contributed by atoms with Gasteiger partial charge in [0.15, 0.2) is 0 Å². The van der Waals surface area contributed by atoms with Crippen molar-refractivity contribution >= 4 is 29.1 Å². The van der Waals surface area contributed by atoms with Gasteiger partial charge in [-0.3, -0.25) is 4.79 Å². The van der Waals surface area contributed by atoms with E-state index >= 15 is 0 Å². The first-order valence-electron chi connectivity index (χ1n) is 4.84. The largest absolute Gasteiger partial charge is 0.352 e. The molecule has 0 atom stereocenters. The van der Waals surface area contributed by atoms with Crippen LogP contribution in [0.5, 0.6) is 0 Å². The Hall–Kier alpha value is -0.990. The van der Waals surface area contributed by atoms with Crippen LogP contribution in [0, 0.1) is 0 Å². The van der Waals surface area contributed by atoms with Crippen LogP contribution in [-0.4, -0.2) is 12.5 Å². The van der Waals surface area contributed by atoms with Gasteiger partial charge in [0.2, 0.25) is 5.91 Å². The molecular weight excluding hydrogens is 245 g/mol. The zero-order chi connectivity index (χ0) is 12.1. The van der Waals surface area contributed by atoms with Crippen LogP contribution in [-0.2, 0) is 11.2 Å². The van der Waals surface area contributed by atoms with Crippen LogP contribution in [0.1, 0.15) is 12.5 Å². The Morgan fingerprint density at radius 2 is 2.06 bits per heavy atom. The molecule has 16 heavy (non-hydrogen) atoms. The van der Waals surface area contributed by atoms with Gasteiger partial charge >= 0.3 is 0 Å². The lowest BCUT2D eigenvalue weighted by molar-refractivity contribution is -0.120. The van der Waals surface area contributed by atoms with Crippen LogP contribution in [0.3, 0.4) is 0 Å². The van der Waals surface area contributed by atoms with E-state index < -0.39 is 0 Å². The van der Waals surface area contributed by atoms with Gasteiger partial charge in [0.25, 0.3) is 0 Å². The average molecular weight is 258 g/mol. The number of hydrogen-bond donors (Lipinski definition) is 1. The molecule has 0 aromatic heterocycles. The molecule has 1 aromatic rings. The van der Waals surface area contributed by atoms with E-state index in [0.29, 0.717) is 23.0 Å². The Morgan fingerprint density at radius 3 is 2.62 bits per heavy atom. The lowest BCUT2D eigenvalue weighted by atomic mass is 10.1. The highest BCUT2D eigenvalue weighted by atomic mass is 35.5. The van der Waals surface area contributed by atoms with Crippen molar-refractivity contribution in [1.82, 2.24) is 5.32 Å². The van der Waals surface area contributed by atoms with Gasteiger partial charge in [-0.25, -0.2) is 0 Å². The molecule has 0 aliphatic rings. The molecule has 0 saturated carbocycles. The number of carbonyl (C=O) groups excluding carboxylic acids is 1. The highest BCUT2D eigenvalue weighted by molar-refractivity contribution is 6.42. The van der Waals surface area contributed by atoms with E-state index in [1.165, 1.54) is 0 Å². The highest BCUT2D eigenvalue weighted by Crippen LogP contribution is 2.22. The lowest BCUT2D eigenvalue weighted by Crippen LogP contribution is -2.26. The highest BCUT2D eigenvalue weighted by Gasteiger charge is 2.05. The van der Waals surface area contributed by atoms with Gasteiger partial charge in [0.1, 0.15) is 0 Å². The number of hydrogen-bond acceptors (Lipinski definition) is 1. The summed E-state index contributed by atoms with van der Waals surface area (Å²) in [5.74, 6) is -0.0543. The average Bonchev–Trinajstić information content (AvgIpc) is 2.21. The van der Waals surface area contributed by atoms with Crippen molar-refractivity contribution in [2.75, 3.05) is 6.54 Å². The van der Waals surface area contributed by atoms with Crippen molar-refractivity contribution in [3.8, 4) is 0 Å². The first-order valence-corrected chi connectivity index (χ1v) is 5.59. The Kier molecular flexibility index (Phi) is 4.84. The molecule has 0 saturated heterocycles. The second kappa shape index (κ2) is 5.92. The summed E-state index contributed by atoms with van der Waals surface area (Å²) in [6.07, 6.45) is 0.296. The number of halogens is 2. The zero-order valence-corrected chi connectivity index (χ0v) is 10.5. The lowest BCUT2D eigenvalue weighted by Gasteiger charge is -2.05. The summed E-state index contributed by atoms with van der Waals surface area (Å²) in [5, 5.41) is 3.71. The van der Waals surface area contributed by atoms with Crippen molar-refractivity contribution in [3.05, 3.63) is 46.0 Å². The van der Waals surface area contributed by atoms with E-state index in [-0.39, 0.29) is 5.91 Å². The summed E-state index contributed by atoms with van der Waals surface area (Å²) in [7, 11) is 0. The van der Waals surface area contributed by atoms with Gasteiger partial charge in [-0.1, -0.05) is 41.4 Å². The SMILES string of the molecule is C=C(C)CNC(=O)Cc1ccc(Cl)c(Cl)c1. The molecule has 2 nitrogen and oxygen atoms in total. The van der Waals surface area contributed by atoms with Crippen LogP contribution in [0.2, 0.25) is 10.0 Å². The molecule has 0 spiro atoms. The normalized spacial score (nSPS) is 9.94. The molecule has 86 valence electrons. The monoisotopic (exact) mass is 257 g/mol. The molecule has 0 aliphatic carbocycles. The molecule has 4 heteroatoms. The zero-order valence-electron chi connectivity index (χ0n) is 9.02. The topological polar surface area (TPSA) is 29.1 Å². The molecule has 1 aromatic carbocycles. The third-order valence-corrected chi connectivity index (χ3v) is 2.68. The minimum Gasteiger partial charge on any atom is -0.352 e. The van der Waals surface area contributed by atoms with Gasteiger partial charge in [-0.15, -0.1) is 0 Å². The summed E-state index contributed by atoms with van der Waals surface area (Å²) < 4.78 is 0. The van der Waals surface area contributed by atoms with Gasteiger partial charge in [-0.2, -0.15) is 0 Å². The van der Waals surface area contributed by atoms with Crippen LogP contribution >= 0.6 is 23.2 Å². The number of carbonyl (C=O) groups is 1. The molecule has 0 heterocycles. The number of rotatable bonds is 4. The quantitative estimate of drug-likeness (QED) is 0.825. The molecule has 1 amide bonds. The summed E-state index contributed by atoms with van der Waals surface area (Å²) in [4.78, 5) is 11.5. The Morgan fingerprint density at radius 1 is 1.38 bits per heavy atom. The Labute approximate surface area is 105 Å². The third kappa shape index (κ3) is 4.25. The predicted molar refractivity (Wildman–Crippen MR) is 68.0 cm³/mol. The van der Waals surface area contributed by atoms with Crippen LogP contribution in [0.25, 0.3) is 0 Å². The van der Waals surface area contributed by atoms with Crippen molar-refractivity contribution in [2.24, 2.45) is 0 Å². The van der Waals surface area contributed by atoms with Gasteiger partial charge in [0.05, 0.1) is 16.5 Å². The van der Waals surface area contributed by atoms with Crippen LogP contribution < -0.4 is 5.32 Å². The van der Waals surface area contributed by atoms with Crippen LogP contribution in [0.4, 0.5) is 0 Å². The molecule has 1 rings (SSSR count). The van der Waals surface area contributed by atoms with E-state index in [0.717, 1.165) is 11.1 Å². The van der Waals surface area contributed by atoms with E-state index in [4.69, 9.17) is 23.2 Å². The third-order valence-electron chi connectivity index (χ3n) is 1.94. The van der Waals surface area contributed by atoms with Crippen molar-refractivity contribution in [1.29, 1.82) is 0 Å². The summed E-state index contributed by atoms with van der Waals surface area (Å²) in [6.45, 7) is 6.07. The molecule has 0 fully saturated rings. The maximum absolute atomic E-state index is 11.5. The fourth-order valence-electron chi connectivity index (χ4n) is 1.15. The van der Waals surface area contributed by atoms with Crippen molar-refractivity contribution < 1.29 is 4.79 Å². The second-order valence-electron chi connectivity index (χ2n) is 3.66. The Balaban J connectivity index is 2.56. The predicted octanol–water partition coefficient (Wildman–Crippen LogP) is 3.23. The van der Waals surface area contributed by atoms with E-state index in [2.05, 4.69) is 11.9 Å². The smallest absolute Gasteiger partial charge is 0.224 e. The van der Waals surface area contributed by atoms with E-state index in [1.807, 2.05) is 6.92 Å². The molecule has 0 unspecified atom stereocenters. The molecule has 0 aliphatic heterocycles. The van der Waals surface area contributed by atoms with E-state index in [1.54, 1.807) is 18.2 Å². The number of benzene rings is 1. The first-order chi connectivity index (χ1) is 7.49. The van der Waals surface area contributed by atoms with Crippen molar-refractivity contribution in [3.63, 3.8) is 0 Å². The van der Waals surface area contributed by atoms with Crippen molar-refractivity contribution in [2.45, 2.75) is 13.3 Å². The fourth-order valence-corrected chi connectivity index (χ4v) is 1.47. The summed E-state index contributed by atoms with van der Waals surface area (Å²) in [5.41, 5.74) is 1.76. The molecule has 1 N–H and O–H groups in total. The second-order valence-corrected chi connectivity index (χ2v) is 4.47. The maximum atomic E-state index is 11.5. The van der Waals surface area contributed by atoms with Gasteiger partial charge in [-0.05, 0) is 24.6 Å². The van der Waals surface area contributed by atoms with Gasteiger partial charge in [0, 0.05) is 6.54 Å². The fraction of sp³-hybridized carbons (Fsp3) is 0.250. The minimum atomic E-state index is -0.0543. The first kappa shape index (κ1) is 13.1. The van der Waals surface area contributed by atoms with Crippen LogP contribution in [0.15, 0.2) is 30.4 Å².